The molecule has 1 aromatic rings. The lowest BCUT2D eigenvalue weighted by Gasteiger charge is -2.36. The first kappa shape index (κ1) is 17.2. The summed E-state index contributed by atoms with van der Waals surface area (Å²) >= 11 is 0. The second kappa shape index (κ2) is 7.94. The monoisotopic (exact) mass is 331 g/mol. The number of likely N-dealkylation sites (N-methyl/N-ethyl adjacent to an activating group) is 1. The molecule has 1 aliphatic carbocycles. The van der Waals surface area contributed by atoms with Crippen molar-refractivity contribution in [2.24, 2.45) is 0 Å². The standard InChI is InChI=1S/C18H29N5O/c1-14(23-11-9-22(2)10-12-23)5-7-19-17-13-15(6-8-20-17)18(24)21-16-3-4-16/h6,8,13-14,16H,3-5,7,9-12H2,1-2H3,(H,19,20)(H,21,24). The Morgan fingerprint density at radius 3 is 2.79 bits per heavy atom. The lowest BCUT2D eigenvalue weighted by Crippen LogP contribution is -2.48. The van der Waals surface area contributed by atoms with Crippen molar-refractivity contribution in [3.63, 3.8) is 0 Å². The van der Waals surface area contributed by atoms with Gasteiger partial charge in [0.25, 0.3) is 5.91 Å². The normalized spacial score (nSPS) is 20.6. The second-order valence-corrected chi connectivity index (χ2v) is 7.08. The number of anilines is 1. The molecule has 3 rings (SSSR count). The molecule has 24 heavy (non-hydrogen) atoms. The summed E-state index contributed by atoms with van der Waals surface area (Å²) in [6.07, 6.45) is 4.98. The minimum absolute atomic E-state index is 0.00811. The molecule has 1 amide bonds. The Balaban J connectivity index is 1.43. The van der Waals surface area contributed by atoms with Gasteiger partial charge >= 0.3 is 0 Å². The van der Waals surface area contributed by atoms with Crippen LogP contribution in [0, 0.1) is 0 Å². The first-order valence-corrected chi connectivity index (χ1v) is 9.05. The van der Waals surface area contributed by atoms with Crippen LogP contribution in [0.4, 0.5) is 5.82 Å². The first-order chi connectivity index (χ1) is 11.6. The third-order valence-electron chi connectivity index (χ3n) is 4.96. The van der Waals surface area contributed by atoms with E-state index in [2.05, 4.69) is 39.4 Å². The summed E-state index contributed by atoms with van der Waals surface area (Å²) < 4.78 is 0. The summed E-state index contributed by atoms with van der Waals surface area (Å²) in [6, 6.07) is 4.56. The molecule has 1 saturated heterocycles. The highest BCUT2D eigenvalue weighted by Crippen LogP contribution is 2.19. The molecule has 0 spiro atoms. The van der Waals surface area contributed by atoms with Gasteiger partial charge in [-0.15, -0.1) is 0 Å². The van der Waals surface area contributed by atoms with E-state index in [0.717, 1.165) is 57.8 Å². The average molecular weight is 331 g/mol. The summed E-state index contributed by atoms with van der Waals surface area (Å²) in [5.41, 5.74) is 0.687. The van der Waals surface area contributed by atoms with E-state index < -0.39 is 0 Å². The maximum Gasteiger partial charge on any atom is 0.251 e. The Morgan fingerprint density at radius 2 is 2.08 bits per heavy atom. The molecule has 132 valence electrons. The highest BCUT2D eigenvalue weighted by Gasteiger charge is 2.24. The number of nitrogens with one attached hydrogen (secondary N) is 2. The van der Waals surface area contributed by atoms with Crippen LogP contribution < -0.4 is 10.6 Å². The van der Waals surface area contributed by atoms with Gasteiger partial charge in [-0.2, -0.15) is 0 Å². The van der Waals surface area contributed by atoms with Gasteiger partial charge in [0.05, 0.1) is 0 Å². The predicted octanol–water partition coefficient (Wildman–Crippen LogP) is 1.41. The summed E-state index contributed by atoms with van der Waals surface area (Å²) in [7, 11) is 2.18. The molecule has 2 aliphatic rings. The molecule has 2 N–H and O–H groups in total. The third kappa shape index (κ3) is 4.92. The van der Waals surface area contributed by atoms with Crippen LogP contribution in [0.5, 0.6) is 0 Å². The lowest BCUT2D eigenvalue weighted by molar-refractivity contribution is 0.0951. The molecule has 2 heterocycles. The number of carbonyl (C=O) groups is 1. The minimum Gasteiger partial charge on any atom is -0.370 e. The van der Waals surface area contributed by atoms with Crippen LogP contribution in [-0.4, -0.2) is 72.5 Å². The van der Waals surface area contributed by atoms with E-state index in [9.17, 15) is 4.79 Å². The lowest BCUT2D eigenvalue weighted by atomic mass is 10.1. The van der Waals surface area contributed by atoms with E-state index in [4.69, 9.17) is 0 Å². The van der Waals surface area contributed by atoms with Crippen molar-refractivity contribution < 1.29 is 4.79 Å². The highest BCUT2D eigenvalue weighted by molar-refractivity contribution is 5.95. The topological polar surface area (TPSA) is 60.5 Å². The van der Waals surface area contributed by atoms with Gasteiger partial charge in [0.1, 0.15) is 5.82 Å². The van der Waals surface area contributed by atoms with Gasteiger partial charge in [-0.3, -0.25) is 9.69 Å². The number of aromatic nitrogens is 1. The Kier molecular flexibility index (Phi) is 5.68. The van der Waals surface area contributed by atoms with Gasteiger partial charge in [-0.05, 0) is 45.4 Å². The van der Waals surface area contributed by atoms with Crippen molar-refractivity contribution in [3.8, 4) is 0 Å². The maximum absolute atomic E-state index is 12.1. The Labute approximate surface area is 144 Å². The zero-order chi connectivity index (χ0) is 16.9. The zero-order valence-corrected chi connectivity index (χ0v) is 14.8. The Morgan fingerprint density at radius 1 is 1.33 bits per heavy atom. The van der Waals surface area contributed by atoms with Crippen LogP contribution in [0.3, 0.4) is 0 Å². The molecule has 2 fully saturated rings. The molecular formula is C18H29N5O. The summed E-state index contributed by atoms with van der Waals surface area (Å²) in [6.45, 7) is 7.75. The average Bonchev–Trinajstić information content (AvgIpc) is 3.39. The van der Waals surface area contributed by atoms with Crippen LogP contribution in [0.15, 0.2) is 18.3 Å². The van der Waals surface area contributed by atoms with Crippen LogP contribution in [0.25, 0.3) is 0 Å². The van der Waals surface area contributed by atoms with Crippen LogP contribution in [0.1, 0.15) is 36.5 Å². The number of hydrogen-bond acceptors (Lipinski definition) is 5. The fourth-order valence-electron chi connectivity index (χ4n) is 3.02. The van der Waals surface area contributed by atoms with E-state index in [0.29, 0.717) is 17.6 Å². The van der Waals surface area contributed by atoms with Crippen molar-refractivity contribution in [3.05, 3.63) is 23.9 Å². The van der Waals surface area contributed by atoms with Gasteiger partial charge < -0.3 is 15.5 Å². The number of rotatable bonds is 7. The molecule has 1 unspecified atom stereocenters. The van der Waals surface area contributed by atoms with Gasteiger partial charge in [0.2, 0.25) is 0 Å². The van der Waals surface area contributed by atoms with Crippen LogP contribution >= 0.6 is 0 Å². The number of piperazine rings is 1. The fourth-order valence-corrected chi connectivity index (χ4v) is 3.02. The van der Waals surface area contributed by atoms with Crippen molar-refractivity contribution in [1.29, 1.82) is 0 Å². The molecule has 0 aromatic carbocycles. The van der Waals surface area contributed by atoms with Crippen molar-refractivity contribution >= 4 is 11.7 Å². The van der Waals surface area contributed by atoms with Crippen molar-refractivity contribution in [1.82, 2.24) is 20.1 Å². The number of amides is 1. The molecule has 6 nitrogen and oxygen atoms in total. The van der Waals surface area contributed by atoms with E-state index in [1.807, 2.05) is 6.07 Å². The second-order valence-electron chi connectivity index (χ2n) is 7.08. The number of nitrogens with zero attached hydrogens (tertiary/aromatic N) is 3. The van der Waals surface area contributed by atoms with Crippen molar-refractivity contribution in [2.45, 2.75) is 38.3 Å². The SMILES string of the molecule is CC(CCNc1cc(C(=O)NC2CC2)ccn1)N1CCN(C)CC1. The molecule has 0 radical (unpaired) electrons. The molecular weight excluding hydrogens is 302 g/mol. The van der Waals surface area contributed by atoms with Crippen LogP contribution in [0.2, 0.25) is 0 Å². The largest absolute Gasteiger partial charge is 0.370 e. The van der Waals surface area contributed by atoms with E-state index >= 15 is 0 Å². The number of hydrogen-bond donors (Lipinski definition) is 2. The molecule has 1 saturated carbocycles. The molecule has 1 aromatic heterocycles. The summed E-state index contributed by atoms with van der Waals surface area (Å²) in [5.74, 6) is 0.790. The highest BCUT2D eigenvalue weighted by atomic mass is 16.1. The van der Waals surface area contributed by atoms with E-state index in [-0.39, 0.29) is 5.91 Å². The number of pyridine rings is 1. The van der Waals surface area contributed by atoms with Crippen molar-refractivity contribution in [2.75, 3.05) is 45.1 Å². The predicted molar refractivity (Wildman–Crippen MR) is 96.4 cm³/mol. The summed E-state index contributed by atoms with van der Waals surface area (Å²) in [5, 5.41) is 6.37. The first-order valence-electron chi connectivity index (χ1n) is 9.05. The van der Waals surface area contributed by atoms with Gasteiger partial charge in [0, 0.05) is 56.6 Å². The van der Waals surface area contributed by atoms with Gasteiger partial charge in [0.15, 0.2) is 0 Å². The number of carbonyl (C=O) groups excluding carboxylic acids is 1. The van der Waals surface area contributed by atoms with E-state index in [1.165, 1.54) is 0 Å². The smallest absolute Gasteiger partial charge is 0.251 e. The Hall–Kier alpha value is -1.66. The van der Waals surface area contributed by atoms with Gasteiger partial charge in [-0.1, -0.05) is 0 Å². The minimum atomic E-state index is 0.00811. The Bertz CT molecular complexity index is 552. The quantitative estimate of drug-likeness (QED) is 0.791. The molecule has 6 heteroatoms. The molecule has 1 aliphatic heterocycles. The van der Waals surface area contributed by atoms with E-state index in [1.54, 1.807) is 12.3 Å². The fraction of sp³-hybridized carbons (Fsp3) is 0.667. The third-order valence-corrected chi connectivity index (χ3v) is 4.96. The maximum atomic E-state index is 12.1. The molecule has 1 atom stereocenters. The van der Waals surface area contributed by atoms with Crippen LogP contribution in [-0.2, 0) is 0 Å². The molecule has 0 bridgehead atoms. The summed E-state index contributed by atoms with van der Waals surface area (Å²) in [4.78, 5) is 21.3. The zero-order valence-electron chi connectivity index (χ0n) is 14.8. The van der Waals surface area contributed by atoms with Gasteiger partial charge in [-0.25, -0.2) is 4.98 Å².